The van der Waals surface area contributed by atoms with Gasteiger partial charge in [0.1, 0.15) is 0 Å². The van der Waals surface area contributed by atoms with E-state index in [9.17, 15) is 4.79 Å². The molecular weight excluding hydrogens is 262 g/mol. The highest BCUT2D eigenvalue weighted by Gasteiger charge is 2.32. The van der Waals surface area contributed by atoms with Crippen molar-refractivity contribution < 1.29 is 4.79 Å². The Morgan fingerprint density at radius 2 is 2.24 bits per heavy atom. The van der Waals surface area contributed by atoms with Crippen LogP contribution in [-0.2, 0) is 11.2 Å². The molecule has 0 aromatic heterocycles. The van der Waals surface area contributed by atoms with Gasteiger partial charge >= 0.3 is 0 Å². The van der Waals surface area contributed by atoms with Crippen LogP contribution in [0.15, 0.2) is 18.2 Å². The van der Waals surface area contributed by atoms with E-state index in [-0.39, 0.29) is 11.9 Å². The molecule has 1 aliphatic carbocycles. The monoisotopic (exact) mass is 287 g/mol. The third-order valence-electron chi connectivity index (χ3n) is 4.60. The maximum Gasteiger partial charge on any atom is 0.242 e. The van der Waals surface area contributed by atoms with E-state index in [0.717, 1.165) is 19.5 Å². The van der Waals surface area contributed by atoms with Crippen molar-refractivity contribution in [1.29, 1.82) is 0 Å². The summed E-state index contributed by atoms with van der Waals surface area (Å²) in [7, 11) is 0. The molecule has 1 aromatic rings. The van der Waals surface area contributed by atoms with Crippen LogP contribution in [0.4, 0.5) is 5.69 Å². The zero-order chi connectivity index (χ0) is 15.0. The fraction of sp³-hybridized carbons (Fsp3) is 0.588. The fourth-order valence-electron chi connectivity index (χ4n) is 3.22. The number of hydrogen-bond donors (Lipinski definition) is 1. The summed E-state index contributed by atoms with van der Waals surface area (Å²) in [5, 5.41) is 0. The summed E-state index contributed by atoms with van der Waals surface area (Å²) in [4.78, 5) is 16.7. The Labute approximate surface area is 126 Å². The summed E-state index contributed by atoms with van der Waals surface area (Å²) in [5.41, 5.74) is 9.66. The molecular formula is C17H25N3O. The first-order chi connectivity index (χ1) is 10.1. The van der Waals surface area contributed by atoms with Crippen molar-refractivity contribution in [2.24, 2.45) is 5.73 Å². The van der Waals surface area contributed by atoms with Crippen LogP contribution in [0, 0.1) is 0 Å². The predicted molar refractivity (Wildman–Crippen MR) is 85.4 cm³/mol. The Hall–Kier alpha value is -1.55. The van der Waals surface area contributed by atoms with Crippen molar-refractivity contribution in [1.82, 2.24) is 4.90 Å². The van der Waals surface area contributed by atoms with Crippen LogP contribution in [0.25, 0.3) is 0 Å². The van der Waals surface area contributed by atoms with E-state index in [1.54, 1.807) is 0 Å². The van der Waals surface area contributed by atoms with Gasteiger partial charge in [-0.25, -0.2) is 0 Å². The lowest BCUT2D eigenvalue weighted by Gasteiger charge is -2.25. The quantitative estimate of drug-likeness (QED) is 0.902. The minimum Gasteiger partial charge on any atom is -0.362 e. The summed E-state index contributed by atoms with van der Waals surface area (Å²) >= 11 is 0. The summed E-state index contributed by atoms with van der Waals surface area (Å²) in [6.07, 6.45) is 3.36. The van der Waals surface area contributed by atoms with Crippen molar-refractivity contribution in [3.63, 3.8) is 0 Å². The molecule has 0 spiro atoms. The van der Waals surface area contributed by atoms with Crippen LogP contribution >= 0.6 is 0 Å². The number of likely N-dealkylation sites (N-methyl/N-ethyl adjacent to an activating group) is 1. The zero-order valence-corrected chi connectivity index (χ0v) is 13.0. The van der Waals surface area contributed by atoms with Crippen molar-refractivity contribution in [2.45, 2.75) is 45.2 Å². The highest BCUT2D eigenvalue weighted by Crippen LogP contribution is 2.31. The van der Waals surface area contributed by atoms with E-state index in [1.807, 2.05) is 11.8 Å². The van der Waals surface area contributed by atoms with E-state index in [1.165, 1.54) is 29.7 Å². The lowest BCUT2D eigenvalue weighted by molar-refractivity contribution is -0.130. The average Bonchev–Trinajstić information content (AvgIpc) is 3.21. The highest BCUT2D eigenvalue weighted by atomic mass is 16.2. The van der Waals surface area contributed by atoms with Gasteiger partial charge in [0, 0.05) is 30.9 Å². The third-order valence-corrected chi connectivity index (χ3v) is 4.60. The topological polar surface area (TPSA) is 49.6 Å². The predicted octanol–water partition coefficient (Wildman–Crippen LogP) is 2.08. The molecule has 4 nitrogen and oxygen atoms in total. The maximum absolute atomic E-state index is 12.5. The summed E-state index contributed by atoms with van der Waals surface area (Å²) in [5.74, 6) is 0.268. The maximum atomic E-state index is 12.5. The zero-order valence-electron chi connectivity index (χ0n) is 13.0. The Morgan fingerprint density at radius 3 is 2.86 bits per heavy atom. The molecule has 1 atom stereocenters. The van der Waals surface area contributed by atoms with Gasteiger partial charge in [-0.05, 0) is 50.3 Å². The number of carbonyl (C=O) groups excluding carboxylic acids is 1. The van der Waals surface area contributed by atoms with Gasteiger partial charge in [-0.2, -0.15) is 0 Å². The molecule has 1 saturated carbocycles. The molecule has 1 heterocycles. The Kier molecular flexibility index (Phi) is 3.89. The Bertz CT molecular complexity index is 537. The van der Waals surface area contributed by atoms with Gasteiger partial charge in [0.15, 0.2) is 0 Å². The van der Waals surface area contributed by atoms with E-state index in [4.69, 9.17) is 5.73 Å². The molecule has 2 N–H and O–H groups in total. The van der Waals surface area contributed by atoms with Gasteiger partial charge in [0.05, 0.1) is 6.54 Å². The molecule has 0 radical (unpaired) electrons. The summed E-state index contributed by atoms with van der Waals surface area (Å²) < 4.78 is 0. The molecule has 4 heteroatoms. The molecule has 1 aromatic carbocycles. The number of hydrogen-bond acceptors (Lipinski definition) is 3. The second-order valence-corrected chi connectivity index (χ2v) is 6.26. The number of benzene rings is 1. The van der Waals surface area contributed by atoms with Gasteiger partial charge in [0.2, 0.25) is 5.91 Å². The Morgan fingerprint density at radius 1 is 1.48 bits per heavy atom. The molecule has 1 fully saturated rings. The van der Waals surface area contributed by atoms with Gasteiger partial charge in [-0.3, -0.25) is 4.79 Å². The average molecular weight is 287 g/mol. The van der Waals surface area contributed by atoms with Crippen molar-refractivity contribution in [2.75, 3.05) is 24.5 Å². The molecule has 1 unspecified atom stereocenters. The second kappa shape index (κ2) is 5.68. The normalized spacial score (nSPS) is 18.5. The van der Waals surface area contributed by atoms with Crippen LogP contribution in [0.1, 0.15) is 43.9 Å². The van der Waals surface area contributed by atoms with Crippen LogP contribution in [0.2, 0.25) is 0 Å². The number of carbonyl (C=O) groups is 1. The number of nitrogens with zero attached hydrogens (tertiary/aromatic N) is 2. The minimum atomic E-state index is 0.0661. The number of fused-ring (bicyclic) bond motifs is 1. The van der Waals surface area contributed by atoms with Crippen LogP contribution in [-0.4, -0.2) is 36.5 Å². The van der Waals surface area contributed by atoms with Crippen molar-refractivity contribution in [3.05, 3.63) is 29.3 Å². The third kappa shape index (κ3) is 2.91. The standard InChI is InChI=1S/C17H25N3O/c1-3-20(15-5-6-15)17(21)11-19-9-8-14-10-13(12(2)18)4-7-16(14)19/h4,7,10,12,15H,3,5-6,8-9,11,18H2,1-2H3. The number of rotatable bonds is 5. The smallest absolute Gasteiger partial charge is 0.242 e. The molecule has 0 bridgehead atoms. The molecule has 114 valence electrons. The second-order valence-electron chi connectivity index (χ2n) is 6.26. The first-order valence-electron chi connectivity index (χ1n) is 8.03. The van der Waals surface area contributed by atoms with Gasteiger partial charge in [-0.1, -0.05) is 12.1 Å². The molecule has 0 saturated heterocycles. The summed E-state index contributed by atoms with van der Waals surface area (Å²) in [6.45, 7) is 6.35. The number of anilines is 1. The van der Waals surface area contributed by atoms with Gasteiger partial charge in [0.25, 0.3) is 0 Å². The minimum absolute atomic E-state index is 0.0661. The first kappa shape index (κ1) is 14.4. The lowest BCUT2D eigenvalue weighted by atomic mass is 10.0. The van der Waals surface area contributed by atoms with Crippen molar-refractivity contribution in [3.8, 4) is 0 Å². The molecule has 1 aliphatic heterocycles. The molecule has 1 amide bonds. The van der Waals surface area contributed by atoms with Crippen LogP contribution in [0.3, 0.4) is 0 Å². The van der Waals surface area contributed by atoms with Gasteiger partial charge in [-0.15, -0.1) is 0 Å². The largest absolute Gasteiger partial charge is 0.362 e. The lowest BCUT2D eigenvalue weighted by Crippen LogP contribution is -2.41. The van der Waals surface area contributed by atoms with E-state index in [2.05, 4.69) is 30.0 Å². The van der Waals surface area contributed by atoms with E-state index in [0.29, 0.717) is 12.6 Å². The first-order valence-corrected chi connectivity index (χ1v) is 8.03. The number of amides is 1. The molecule has 2 aliphatic rings. The van der Waals surface area contributed by atoms with Crippen LogP contribution in [0.5, 0.6) is 0 Å². The van der Waals surface area contributed by atoms with E-state index >= 15 is 0 Å². The van der Waals surface area contributed by atoms with Crippen LogP contribution < -0.4 is 10.6 Å². The Balaban J connectivity index is 1.71. The van der Waals surface area contributed by atoms with Gasteiger partial charge < -0.3 is 15.5 Å². The van der Waals surface area contributed by atoms with Crippen molar-refractivity contribution >= 4 is 11.6 Å². The highest BCUT2D eigenvalue weighted by molar-refractivity contribution is 5.83. The molecule has 21 heavy (non-hydrogen) atoms. The SMILES string of the molecule is CCN(C(=O)CN1CCc2cc(C(C)N)ccc21)C1CC1. The summed E-state index contributed by atoms with van der Waals surface area (Å²) in [6, 6.07) is 6.98. The fourth-order valence-corrected chi connectivity index (χ4v) is 3.22. The number of nitrogens with two attached hydrogens (primary N) is 1. The van der Waals surface area contributed by atoms with E-state index < -0.39 is 0 Å². The molecule has 3 rings (SSSR count).